The Kier molecular flexibility index (Phi) is 1.63. The van der Waals surface area contributed by atoms with E-state index in [1.807, 2.05) is 0 Å². The summed E-state index contributed by atoms with van der Waals surface area (Å²) in [4.78, 5) is 3.66. The molecule has 1 rings (SSSR count). The van der Waals surface area contributed by atoms with Crippen LogP contribution in [0.25, 0.3) is 0 Å². The zero-order valence-electron chi connectivity index (χ0n) is 4.98. The van der Waals surface area contributed by atoms with Gasteiger partial charge in [0, 0.05) is 19.3 Å². The van der Waals surface area contributed by atoms with Crippen LogP contribution in [0.1, 0.15) is 0 Å². The zero-order valence-corrected chi connectivity index (χ0v) is 4.98. The first-order valence-electron chi connectivity index (χ1n) is 2.54. The predicted octanol–water partition coefficient (Wildman–Crippen LogP) is 1.06. The molecule has 0 amide bonds. The molecule has 3 heteroatoms. The third kappa shape index (κ3) is 1.16. The summed E-state index contributed by atoms with van der Waals surface area (Å²) in [5, 5.41) is 2.59. The maximum absolute atomic E-state index is 12.4. The molecule has 0 fully saturated rings. The van der Waals surface area contributed by atoms with Crippen LogP contribution in [0.15, 0.2) is 12.3 Å². The molecule has 1 aromatic heterocycles. The molecular weight excluding hydrogens is 119 g/mol. The van der Waals surface area contributed by atoms with Crippen molar-refractivity contribution in [1.29, 1.82) is 0 Å². The Morgan fingerprint density at radius 2 is 2.56 bits per heavy atom. The van der Waals surface area contributed by atoms with E-state index in [2.05, 4.69) is 16.4 Å². The van der Waals surface area contributed by atoms with Crippen LogP contribution in [-0.2, 0) is 0 Å². The zero-order chi connectivity index (χ0) is 6.69. The smallest absolute Gasteiger partial charge is 0.166 e. The highest BCUT2D eigenvalue weighted by molar-refractivity contribution is 5.33. The van der Waals surface area contributed by atoms with Crippen molar-refractivity contribution in [2.45, 2.75) is 0 Å². The number of halogens is 1. The minimum atomic E-state index is -0.375. The molecular formula is C6H6FN2. The highest BCUT2D eigenvalue weighted by Gasteiger charge is 1.95. The molecule has 0 aromatic carbocycles. The van der Waals surface area contributed by atoms with E-state index >= 15 is 0 Å². The lowest BCUT2D eigenvalue weighted by molar-refractivity contribution is 0.625. The normalized spacial score (nSPS) is 9.11. The molecule has 2 nitrogen and oxygen atoms in total. The van der Waals surface area contributed by atoms with E-state index in [0.29, 0.717) is 0 Å². The lowest BCUT2D eigenvalue weighted by Gasteiger charge is -1.96. The molecule has 1 aromatic rings. The van der Waals surface area contributed by atoms with Crippen molar-refractivity contribution in [3.05, 3.63) is 24.1 Å². The van der Waals surface area contributed by atoms with Gasteiger partial charge in [0.15, 0.2) is 11.6 Å². The fraction of sp³-hybridized carbons (Fsp3) is 0.167. The fourth-order valence-corrected chi connectivity index (χ4v) is 0.526. The van der Waals surface area contributed by atoms with Crippen molar-refractivity contribution in [2.24, 2.45) is 0 Å². The van der Waals surface area contributed by atoms with Crippen molar-refractivity contribution in [1.82, 2.24) is 4.98 Å². The minimum absolute atomic E-state index is 0.258. The number of anilines is 1. The molecule has 0 bridgehead atoms. The van der Waals surface area contributed by atoms with Gasteiger partial charge in [-0.2, -0.15) is 0 Å². The molecule has 1 radical (unpaired) electrons. The van der Waals surface area contributed by atoms with Gasteiger partial charge in [-0.3, -0.25) is 0 Å². The van der Waals surface area contributed by atoms with Crippen molar-refractivity contribution in [3.8, 4) is 0 Å². The summed E-state index contributed by atoms with van der Waals surface area (Å²) in [7, 11) is 1.62. The highest BCUT2D eigenvalue weighted by Crippen LogP contribution is 2.05. The molecule has 0 aliphatic rings. The van der Waals surface area contributed by atoms with E-state index in [-0.39, 0.29) is 11.6 Å². The largest absolute Gasteiger partial charge is 0.371 e. The summed E-state index contributed by atoms with van der Waals surface area (Å²) in [6, 6.07) is 3.74. The van der Waals surface area contributed by atoms with E-state index in [1.165, 1.54) is 12.3 Å². The first kappa shape index (κ1) is 6.01. The van der Waals surface area contributed by atoms with Gasteiger partial charge in [0.05, 0.1) is 0 Å². The average Bonchev–Trinajstić information content (AvgIpc) is 1.89. The average molecular weight is 125 g/mol. The molecule has 9 heavy (non-hydrogen) atoms. The molecule has 0 aliphatic carbocycles. The van der Waals surface area contributed by atoms with Crippen molar-refractivity contribution >= 4 is 5.82 Å². The fourth-order valence-electron chi connectivity index (χ4n) is 0.526. The maximum atomic E-state index is 12.4. The number of pyridine rings is 1. The monoisotopic (exact) mass is 125 g/mol. The topological polar surface area (TPSA) is 24.9 Å². The highest BCUT2D eigenvalue weighted by atomic mass is 19.1. The summed E-state index contributed by atoms with van der Waals surface area (Å²) in [6.45, 7) is 0. The molecule has 1 heterocycles. The quantitative estimate of drug-likeness (QED) is 0.607. The molecule has 0 atom stereocenters. The Bertz CT molecular complexity index is 200. The number of rotatable bonds is 1. The number of hydrogen-bond acceptors (Lipinski definition) is 2. The van der Waals surface area contributed by atoms with E-state index in [4.69, 9.17) is 0 Å². The van der Waals surface area contributed by atoms with Crippen LogP contribution in [-0.4, -0.2) is 12.0 Å². The minimum Gasteiger partial charge on any atom is -0.371 e. The van der Waals surface area contributed by atoms with Crippen LogP contribution in [0.4, 0.5) is 10.2 Å². The Hall–Kier alpha value is -1.12. The Balaban J connectivity index is 3.01. The Labute approximate surface area is 52.7 Å². The third-order valence-electron chi connectivity index (χ3n) is 0.941. The van der Waals surface area contributed by atoms with Gasteiger partial charge < -0.3 is 5.32 Å². The number of hydrogen-bond donors (Lipinski definition) is 1. The second kappa shape index (κ2) is 2.44. The van der Waals surface area contributed by atoms with Gasteiger partial charge in [-0.15, -0.1) is 0 Å². The number of nitrogens with one attached hydrogen (secondary N) is 1. The first-order valence-corrected chi connectivity index (χ1v) is 2.54. The van der Waals surface area contributed by atoms with Gasteiger partial charge in [-0.05, 0) is 6.07 Å². The lowest BCUT2D eigenvalue weighted by Crippen LogP contribution is -1.94. The molecule has 0 unspecified atom stereocenters. The van der Waals surface area contributed by atoms with Gasteiger partial charge in [-0.25, -0.2) is 9.37 Å². The van der Waals surface area contributed by atoms with Crippen LogP contribution in [0.3, 0.4) is 0 Å². The van der Waals surface area contributed by atoms with Crippen LogP contribution in [0, 0.1) is 11.9 Å². The Morgan fingerprint density at radius 3 is 3.00 bits per heavy atom. The van der Waals surface area contributed by atoms with Gasteiger partial charge >= 0.3 is 0 Å². The van der Waals surface area contributed by atoms with Crippen LogP contribution in [0.5, 0.6) is 0 Å². The molecule has 0 saturated carbocycles. The molecule has 0 aliphatic heterocycles. The molecule has 47 valence electrons. The van der Waals surface area contributed by atoms with Gasteiger partial charge in [0.1, 0.15) is 0 Å². The van der Waals surface area contributed by atoms with Crippen LogP contribution < -0.4 is 5.32 Å². The molecule has 0 spiro atoms. The summed E-state index contributed by atoms with van der Waals surface area (Å²) in [5.41, 5.74) is 0. The lowest BCUT2D eigenvalue weighted by atomic mass is 10.4. The van der Waals surface area contributed by atoms with Gasteiger partial charge in [0.2, 0.25) is 0 Å². The van der Waals surface area contributed by atoms with Gasteiger partial charge in [0.25, 0.3) is 0 Å². The summed E-state index contributed by atoms with van der Waals surface area (Å²) < 4.78 is 12.4. The van der Waals surface area contributed by atoms with Crippen LogP contribution in [0.2, 0.25) is 0 Å². The Morgan fingerprint density at radius 1 is 1.78 bits per heavy atom. The van der Waals surface area contributed by atoms with Crippen molar-refractivity contribution in [3.63, 3.8) is 0 Å². The second-order valence-corrected chi connectivity index (χ2v) is 1.52. The summed E-state index contributed by atoms with van der Waals surface area (Å²) in [6.07, 6.45) is 1.41. The number of nitrogens with zero attached hydrogens (tertiary/aromatic N) is 1. The maximum Gasteiger partial charge on any atom is 0.166 e. The standard InChI is InChI=1S/C6H6FN2/c1-8-6-5(7)3-2-4-9-6/h3-4H,1H3,(H,8,9). The van der Waals surface area contributed by atoms with E-state index < -0.39 is 0 Å². The van der Waals surface area contributed by atoms with Crippen LogP contribution >= 0.6 is 0 Å². The second-order valence-electron chi connectivity index (χ2n) is 1.52. The van der Waals surface area contributed by atoms with Gasteiger partial charge in [-0.1, -0.05) is 0 Å². The molecule has 1 N–H and O–H groups in total. The summed E-state index contributed by atoms with van der Waals surface area (Å²) in [5.74, 6) is -0.117. The SMILES string of the molecule is CNc1nc[c]cc1F. The molecule has 0 saturated heterocycles. The van der Waals surface area contributed by atoms with E-state index in [0.717, 1.165) is 0 Å². The van der Waals surface area contributed by atoms with Crippen molar-refractivity contribution < 1.29 is 4.39 Å². The predicted molar refractivity (Wildman–Crippen MR) is 32.6 cm³/mol. The third-order valence-corrected chi connectivity index (χ3v) is 0.941. The first-order chi connectivity index (χ1) is 4.34. The van der Waals surface area contributed by atoms with E-state index in [1.54, 1.807) is 7.05 Å². The number of aromatic nitrogens is 1. The van der Waals surface area contributed by atoms with Crippen molar-refractivity contribution in [2.75, 3.05) is 12.4 Å². The van der Waals surface area contributed by atoms with E-state index in [9.17, 15) is 4.39 Å². The summed E-state index contributed by atoms with van der Waals surface area (Å²) >= 11 is 0.